The highest BCUT2D eigenvalue weighted by atomic mass is 35.5. The molecule has 0 spiro atoms. The summed E-state index contributed by atoms with van der Waals surface area (Å²) < 4.78 is 51.2. The van der Waals surface area contributed by atoms with Crippen molar-refractivity contribution in [3.8, 4) is 0 Å². The molecule has 9 heteroatoms. The van der Waals surface area contributed by atoms with E-state index in [9.17, 15) is 22.4 Å². The SMILES string of the molecule is O=C(Nc1cnnc(Cl)c1)c1cc(C(F)(F)F)ccc1F. The maximum atomic E-state index is 13.5. The predicted molar refractivity (Wildman–Crippen MR) is 66.4 cm³/mol. The van der Waals surface area contributed by atoms with E-state index in [0.29, 0.717) is 18.2 Å². The van der Waals surface area contributed by atoms with E-state index in [0.717, 1.165) is 6.20 Å². The average molecular weight is 320 g/mol. The molecular formula is C12H6ClF4N3O. The molecule has 1 aromatic carbocycles. The standard InChI is InChI=1S/C12H6ClF4N3O/c13-10-4-7(5-18-20-10)19-11(21)8-3-6(12(15,16)17)1-2-9(8)14/h1-5H,(H,19,20,21). The van der Waals surface area contributed by atoms with E-state index in [-0.39, 0.29) is 10.8 Å². The molecule has 4 nitrogen and oxygen atoms in total. The highest BCUT2D eigenvalue weighted by Gasteiger charge is 2.31. The van der Waals surface area contributed by atoms with Gasteiger partial charge in [0.25, 0.3) is 5.91 Å². The zero-order valence-corrected chi connectivity index (χ0v) is 10.8. The molecule has 0 aliphatic carbocycles. The van der Waals surface area contributed by atoms with Crippen molar-refractivity contribution in [1.82, 2.24) is 10.2 Å². The third kappa shape index (κ3) is 3.66. The number of hydrogen-bond acceptors (Lipinski definition) is 3. The first-order valence-corrected chi connectivity index (χ1v) is 5.81. The molecule has 1 heterocycles. The van der Waals surface area contributed by atoms with Crippen LogP contribution in [0.4, 0.5) is 23.2 Å². The van der Waals surface area contributed by atoms with Crippen LogP contribution >= 0.6 is 11.6 Å². The third-order valence-corrected chi connectivity index (χ3v) is 2.61. The fourth-order valence-corrected chi connectivity index (χ4v) is 1.64. The molecule has 0 aliphatic rings. The first kappa shape index (κ1) is 15.2. The summed E-state index contributed by atoms with van der Waals surface area (Å²) in [5, 5.41) is 9.02. The van der Waals surface area contributed by atoms with Crippen LogP contribution in [0.25, 0.3) is 0 Å². The maximum absolute atomic E-state index is 13.5. The molecule has 0 bridgehead atoms. The number of nitrogens with one attached hydrogen (secondary N) is 1. The zero-order valence-electron chi connectivity index (χ0n) is 10.1. The van der Waals surface area contributed by atoms with Crippen LogP contribution in [-0.4, -0.2) is 16.1 Å². The Kier molecular flexibility index (Phi) is 4.08. The number of amides is 1. The van der Waals surface area contributed by atoms with E-state index in [4.69, 9.17) is 11.6 Å². The van der Waals surface area contributed by atoms with Crippen molar-refractivity contribution in [3.63, 3.8) is 0 Å². The van der Waals surface area contributed by atoms with E-state index in [1.807, 2.05) is 0 Å². The van der Waals surface area contributed by atoms with E-state index < -0.39 is 29.0 Å². The minimum absolute atomic E-state index is 0.0303. The number of anilines is 1. The van der Waals surface area contributed by atoms with Crippen LogP contribution in [0.15, 0.2) is 30.5 Å². The van der Waals surface area contributed by atoms with Gasteiger partial charge in [0.15, 0.2) is 5.15 Å². The Hall–Kier alpha value is -2.22. The van der Waals surface area contributed by atoms with Crippen molar-refractivity contribution in [1.29, 1.82) is 0 Å². The van der Waals surface area contributed by atoms with Gasteiger partial charge in [-0.1, -0.05) is 11.6 Å². The lowest BCUT2D eigenvalue weighted by Crippen LogP contribution is -2.16. The van der Waals surface area contributed by atoms with Gasteiger partial charge in [-0.25, -0.2) is 4.39 Å². The Morgan fingerprint density at radius 2 is 1.95 bits per heavy atom. The minimum Gasteiger partial charge on any atom is -0.320 e. The summed E-state index contributed by atoms with van der Waals surface area (Å²) in [6.45, 7) is 0. The van der Waals surface area contributed by atoms with Crippen LogP contribution in [0, 0.1) is 5.82 Å². The van der Waals surface area contributed by atoms with Gasteiger partial charge >= 0.3 is 6.18 Å². The van der Waals surface area contributed by atoms with Gasteiger partial charge in [0.05, 0.1) is 23.0 Å². The summed E-state index contributed by atoms with van der Waals surface area (Å²) in [7, 11) is 0. The molecule has 1 aromatic heterocycles. The quantitative estimate of drug-likeness (QED) is 0.861. The lowest BCUT2D eigenvalue weighted by Gasteiger charge is -2.10. The topological polar surface area (TPSA) is 54.9 Å². The number of carbonyl (C=O) groups is 1. The molecular weight excluding hydrogens is 314 g/mol. The number of aromatic nitrogens is 2. The van der Waals surface area contributed by atoms with E-state index in [2.05, 4.69) is 15.5 Å². The highest BCUT2D eigenvalue weighted by molar-refractivity contribution is 6.29. The first-order chi connectivity index (χ1) is 9.77. The van der Waals surface area contributed by atoms with Crippen LogP contribution in [-0.2, 0) is 6.18 Å². The van der Waals surface area contributed by atoms with Gasteiger partial charge in [-0.05, 0) is 18.2 Å². The molecule has 2 rings (SSSR count). The van der Waals surface area contributed by atoms with Gasteiger partial charge in [-0.3, -0.25) is 4.79 Å². The number of halogens is 5. The molecule has 0 atom stereocenters. The first-order valence-electron chi connectivity index (χ1n) is 5.43. The molecule has 2 aromatic rings. The molecule has 110 valence electrons. The summed E-state index contributed by atoms with van der Waals surface area (Å²) in [6.07, 6.45) is -3.56. The lowest BCUT2D eigenvalue weighted by atomic mass is 10.1. The second kappa shape index (κ2) is 5.65. The van der Waals surface area contributed by atoms with Crippen molar-refractivity contribution in [2.75, 3.05) is 5.32 Å². The van der Waals surface area contributed by atoms with Crippen LogP contribution in [0.3, 0.4) is 0 Å². The van der Waals surface area contributed by atoms with Gasteiger partial charge in [0, 0.05) is 6.07 Å². The van der Waals surface area contributed by atoms with Crippen molar-refractivity contribution < 1.29 is 22.4 Å². The number of benzene rings is 1. The fraction of sp³-hybridized carbons (Fsp3) is 0.0833. The van der Waals surface area contributed by atoms with Crippen LogP contribution in [0.2, 0.25) is 5.15 Å². The van der Waals surface area contributed by atoms with Crippen LogP contribution in [0.1, 0.15) is 15.9 Å². The number of rotatable bonds is 2. The van der Waals surface area contributed by atoms with Gasteiger partial charge in [-0.15, -0.1) is 5.10 Å². The normalized spacial score (nSPS) is 11.3. The molecule has 21 heavy (non-hydrogen) atoms. The lowest BCUT2D eigenvalue weighted by molar-refractivity contribution is -0.137. The second-order valence-corrected chi connectivity index (χ2v) is 4.30. The Labute approximate surface area is 120 Å². The number of nitrogens with zero attached hydrogens (tertiary/aromatic N) is 2. The highest BCUT2D eigenvalue weighted by Crippen LogP contribution is 2.30. The third-order valence-electron chi connectivity index (χ3n) is 2.42. The molecule has 0 aliphatic heterocycles. The molecule has 0 saturated carbocycles. The average Bonchev–Trinajstić information content (AvgIpc) is 2.37. The van der Waals surface area contributed by atoms with Crippen molar-refractivity contribution in [3.05, 3.63) is 52.6 Å². The Balaban J connectivity index is 2.31. The van der Waals surface area contributed by atoms with Crippen molar-refractivity contribution in [2.45, 2.75) is 6.18 Å². The molecule has 0 fully saturated rings. The summed E-state index contributed by atoms with van der Waals surface area (Å²) in [4.78, 5) is 11.8. The largest absolute Gasteiger partial charge is 0.416 e. The van der Waals surface area contributed by atoms with E-state index in [1.54, 1.807) is 0 Å². The monoisotopic (exact) mass is 319 g/mol. The van der Waals surface area contributed by atoms with Gasteiger partial charge < -0.3 is 5.32 Å². The van der Waals surface area contributed by atoms with Crippen LogP contribution in [0.5, 0.6) is 0 Å². The smallest absolute Gasteiger partial charge is 0.320 e. The minimum atomic E-state index is -4.68. The Bertz CT molecular complexity index is 690. The second-order valence-electron chi connectivity index (χ2n) is 3.91. The maximum Gasteiger partial charge on any atom is 0.416 e. The van der Waals surface area contributed by atoms with E-state index >= 15 is 0 Å². The molecule has 1 N–H and O–H groups in total. The zero-order chi connectivity index (χ0) is 15.6. The predicted octanol–water partition coefficient (Wildman–Crippen LogP) is 3.54. The number of carbonyl (C=O) groups excluding carboxylic acids is 1. The van der Waals surface area contributed by atoms with Crippen LogP contribution < -0.4 is 5.32 Å². The van der Waals surface area contributed by atoms with Gasteiger partial charge in [0.1, 0.15) is 5.82 Å². The summed E-state index contributed by atoms with van der Waals surface area (Å²) in [5.41, 5.74) is -1.78. The van der Waals surface area contributed by atoms with Crippen molar-refractivity contribution in [2.24, 2.45) is 0 Å². The Morgan fingerprint density at radius 1 is 1.24 bits per heavy atom. The van der Waals surface area contributed by atoms with Gasteiger partial charge in [-0.2, -0.15) is 18.3 Å². The molecule has 0 saturated heterocycles. The van der Waals surface area contributed by atoms with Gasteiger partial charge in [0.2, 0.25) is 0 Å². The molecule has 0 radical (unpaired) electrons. The number of alkyl halides is 3. The summed E-state index contributed by atoms with van der Waals surface area (Å²) >= 11 is 5.54. The Morgan fingerprint density at radius 3 is 2.57 bits per heavy atom. The fourth-order valence-electron chi connectivity index (χ4n) is 1.48. The van der Waals surface area contributed by atoms with E-state index in [1.165, 1.54) is 6.07 Å². The van der Waals surface area contributed by atoms with Crippen molar-refractivity contribution >= 4 is 23.2 Å². The summed E-state index contributed by atoms with van der Waals surface area (Å²) in [6, 6.07) is 2.78. The summed E-state index contributed by atoms with van der Waals surface area (Å²) in [5.74, 6) is -2.13. The molecule has 1 amide bonds. The molecule has 0 unspecified atom stereocenters. The number of hydrogen-bond donors (Lipinski definition) is 1.